The third-order valence-electron chi connectivity index (χ3n) is 5.91. The molecule has 0 radical (unpaired) electrons. The van der Waals surface area contributed by atoms with Crippen molar-refractivity contribution in [1.29, 1.82) is 0 Å². The molecule has 0 aliphatic heterocycles. The molecule has 32 heavy (non-hydrogen) atoms. The summed E-state index contributed by atoms with van der Waals surface area (Å²) in [7, 11) is 1.72. The van der Waals surface area contributed by atoms with Gasteiger partial charge in [-0.3, -0.25) is 14.8 Å². The van der Waals surface area contributed by atoms with Crippen LogP contribution in [0.2, 0.25) is 10.3 Å². The molecule has 4 rings (SSSR count). The molecule has 1 fully saturated rings. The number of nitrogens with zero attached hydrogens (tertiary/aromatic N) is 6. The lowest BCUT2D eigenvalue weighted by Crippen LogP contribution is -2.24. The van der Waals surface area contributed by atoms with Gasteiger partial charge in [0.15, 0.2) is 0 Å². The first-order valence-corrected chi connectivity index (χ1v) is 11.2. The number of rotatable bonds is 8. The van der Waals surface area contributed by atoms with Gasteiger partial charge in [-0.05, 0) is 50.6 Å². The first-order valence-electron chi connectivity index (χ1n) is 10.4. The number of aromatic nitrogens is 5. The lowest BCUT2D eigenvalue weighted by atomic mass is 9.93. The monoisotopic (exact) mass is 482 g/mol. The van der Waals surface area contributed by atoms with Gasteiger partial charge in [0.05, 0.1) is 34.1 Å². The number of halogens is 2. The normalized spacial score (nSPS) is 18.9. The average Bonchev–Trinajstić information content (AvgIpc) is 3.27. The molecule has 1 aliphatic rings. The fourth-order valence-corrected chi connectivity index (χ4v) is 4.63. The van der Waals surface area contributed by atoms with Crippen LogP contribution in [0.15, 0.2) is 12.4 Å². The van der Waals surface area contributed by atoms with Gasteiger partial charge in [0.2, 0.25) is 5.28 Å². The Balaban J connectivity index is 1.43. The van der Waals surface area contributed by atoms with Crippen molar-refractivity contribution in [2.75, 3.05) is 13.7 Å². The van der Waals surface area contributed by atoms with Crippen LogP contribution in [0.4, 0.5) is 5.69 Å². The van der Waals surface area contributed by atoms with Gasteiger partial charge in [0.25, 0.3) is 0 Å². The molecule has 0 spiro atoms. The Morgan fingerprint density at radius 2 is 2.03 bits per heavy atom. The zero-order valence-corrected chi connectivity index (χ0v) is 19.3. The van der Waals surface area contributed by atoms with Crippen LogP contribution in [0, 0.1) is 17.0 Å². The van der Waals surface area contributed by atoms with Crippen molar-refractivity contribution >= 4 is 39.9 Å². The second kappa shape index (κ2) is 9.60. The van der Waals surface area contributed by atoms with E-state index in [1.54, 1.807) is 31.1 Å². The summed E-state index contributed by atoms with van der Waals surface area (Å²) in [6.45, 7) is 2.52. The van der Waals surface area contributed by atoms with E-state index in [4.69, 9.17) is 32.7 Å². The molecule has 172 valence electrons. The molecule has 1 aliphatic carbocycles. The highest BCUT2D eigenvalue weighted by atomic mass is 35.5. The molecule has 0 saturated heterocycles. The van der Waals surface area contributed by atoms with Crippen molar-refractivity contribution in [1.82, 2.24) is 24.3 Å². The third kappa shape index (κ3) is 4.53. The van der Waals surface area contributed by atoms with Crippen LogP contribution in [0.25, 0.3) is 11.0 Å². The standard InChI is InChI=1S/C20H24Cl2N6O4/c1-12-17(28(29)30)19(25-27(12)13-4-6-14(31-2)7-5-13)32-9-3-8-26-11-16(21)15-10-23-20(22)24-18(15)26/h10-11,13-14H,3-9H2,1-2H3. The first kappa shape index (κ1) is 22.8. The number of nitro groups is 1. The number of methoxy groups -OCH3 is 1. The summed E-state index contributed by atoms with van der Waals surface area (Å²) in [6.07, 6.45) is 7.70. The van der Waals surface area contributed by atoms with Crippen molar-refractivity contribution in [3.05, 3.63) is 38.5 Å². The molecule has 0 N–H and O–H groups in total. The van der Waals surface area contributed by atoms with E-state index >= 15 is 0 Å². The van der Waals surface area contributed by atoms with Crippen LogP contribution in [-0.4, -0.2) is 49.1 Å². The van der Waals surface area contributed by atoms with Gasteiger partial charge in [-0.1, -0.05) is 11.6 Å². The number of hydrogen-bond acceptors (Lipinski definition) is 7. The van der Waals surface area contributed by atoms with Gasteiger partial charge in [-0.2, -0.15) is 4.98 Å². The van der Waals surface area contributed by atoms with Gasteiger partial charge >= 0.3 is 11.6 Å². The van der Waals surface area contributed by atoms with Gasteiger partial charge < -0.3 is 14.0 Å². The lowest BCUT2D eigenvalue weighted by molar-refractivity contribution is -0.386. The first-order chi connectivity index (χ1) is 15.4. The van der Waals surface area contributed by atoms with E-state index in [0.29, 0.717) is 34.7 Å². The Labute approximate surface area is 194 Å². The van der Waals surface area contributed by atoms with Crippen LogP contribution >= 0.6 is 23.2 Å². The fourth-order valence-electron chi connectivity index (χ4n) is 4.25. The Morgan fingerprint density at radius 1 is 1.28 bits per heavy atom. The van der Waals surface area contributed by atoms with E-state index in [2.05, 4.69) is 15.1 Å². The summed E-state index contributed by atoms with van der Waals surface area (Å²) in [4.78, 5) is 19.4. The molecule has 3 heterocycles. The molecule has 3 aromatic rings. The van der Waals surface area contributed by atoms with E-state index in [9.17, 15) is 10.1 Å². The van der Waals surface area contributed by atoms with Gasteiger partial charge in [0, 0.05) is 26.0 Å². The van der Waals surface area contributed by atoms with Crippen molar-refractivity contribution in [2.24, 2.45) is 0 Å². The Morgan fingerprint density at radius 3 is 2.72 bits per heavy atom. The summed E-state index contributed by atoms with van der Waals surface area (Å²) >= 11 is 12.1. The van der Waals surface area contributed by atoms with Crippen LogP contribution in [0.3, 0.4) is 0 Å². The molecule has 1 saturated carbocycles. The van der Waals surface area contributed by atoms with Gasteiger partial charge in [-0.15, -0.1) is 5.10 Å². The van der Waals surface area contributed by atoms with Gasteiger partial charge in [-0.25, -0.2) is 4.98 Å². The number of ether oxygens (including phenoxy) is 2. The summed E-state index contributed by atoms with van der Waals surface area (Å²) in [5, 5.41) is 17.5. The van der Waals surface area contributed by atoms with Gasteiger partial charge in [0.1, 0.15) is 11.3 Å². The van der Waals surface area contributed by atoms with Crippen molar-refractivity contribution in [3.8, 4) is 5.88 Å². The van der Waals surface area contributed by atoms with Crippen molar-refractivity contribution < 1.29 is 14.4 Å². The van der Waals surface area contributed by atoms with E-state index in [0.717, 1.165) is 25.7 Å². The highest BCUT2D eigenvalue weighted by molar-refractivity contribution is 6.35. The van der Waals surface area contributed by atoms with E-state index in [-0.39, 0.29) is 35.6 Å². The smallest absolute Gasteiger partial charge is 0.352 e. The summed E-state index contributed by atoms with van der Waals surface area (Å²) in [5.41, 5.74) is 1.07. The average molecular weight is 483 g/mol. The molecule has 12 heteroatoms. The zero-order valence-electron chi connectivity index (χ0n) is 17.8. The predicted molar refractivity (Wildman–Crippen MR) is 120 cm³/mol. The topological polar surface area (TPSA) is 110 Å². The highest BCUT2D eigenvalue weighted by Crippen LogP contribution is 2.36. The maximum atomic E-state index is 11.7. The van der Waals surface area contributed by atoms with Crippen LogP contribution < -0.4 is 4.74 Å². The molecule has 0 aromatic carbocycles. The van der Waals surface area contributed by atoms with Crippen LogP contribution in [0.5, 0.6) is 5.88 Å². The van der Waals surface area contributed by atoms with E-state index in [1.165, 1.54) is 0 Å². The molecule has 10 nitrogen and oxygen atoms in total. The number of hydrogen-bond donors (Lipinski definition) is 0. The molecule has 0 unspecified atom stereocenters. The van der Waals surface area contributed by atoms with E-state index < -0.39 is 4.92 Å². The molecular formula is C20H24Cl2N6O4. The second-order valence-electron chi connectivity index (χ2n) is 7.86. The van der Waals surface area contributed by atoms with Crippen molar-refractivity contribution in [2.45, 2.75) is 57.7 Å². The Kier molecular flexibility index (Phi) is 6.82. The number of aryl methyl sites for hydroxylation is 1. The maximum Gasteiger partial charge on any atom is 0.352 e. The summed E-state index contributed by atoms with van der Waals surface area (Å²) < 4.78 is 14.8. The minimum Gasteiger partial charge on any atom is -0.472 e. The summed E-state index contributed by atoms with van der Waals surface area (Å²) in [5.74, 6) is 0.0575. The molecule has 3 aromatic heterocycles. The van der Waals surface area contributed by atoms with Crippen LogP contribution in [0.1, 0.15) is 43.8 Å². The van der Waals surface area contributed by atoms with Crippen molar-refractivity contribution in [3.63, 3.8) is 0 Å². The quantitative estimate of drug-likeness (QED) is 0.197. The molecule has 0 atom stereocenters. The van der Waals surface area contributed by atoms with Crippen LogP contribution in [-0.2, 0) is 11.3 Å². The predicted octanol–water partition coefficient (Wildman–Crippen LogP) is 4.75. The molecular weight excluding hydrogens is 459 g/mol. The SMILES string of the molecule is COC1CCC(n2nc(OCCCn3cc(Cl)c4cnc(Cl)nc43)c([N+](=O)[O-])c2C)CC1. The van der Waals surface area contributed by atoms with E-state index in [1.807, 2.05) is 4.57 Å². The number of fused-ring (bicyclic) bond motifs is 1. The Hall–Kier alpha value is -2.43. The second-order valence-corrected chi connectivity index (χ2v) is 8.60. The lowest BCUT2D eigenvalue weighted by Gasteiger charge is -2.28. The minimum absolute atomic E-state index is 0.0575. The highest BCUT2D eigenvalue weighted by Gasteiger charge is 2.31. The largest absolute Gasteiger partial charge is 0.472 e. The minimum atomic E-state index is -0.424. The Bertz CT molecular complexity index is 1120. The third-order valence-corrected chi connectivity index (χ3v) is 6.40. The summed E-state index contributed by atoms with van der Waals surface area (Å²) in [6, 6.07) is 0.107. The zero-order chi connectivity index (χ0) is 22.8. The fraction of sp³-hybridized carbons (Fsp3) is 0.550. The molecule has 0 bridgehead atoms. The maximum absolute atomic E-state index is 11.7. The molecule has 0 amide bonds.